The van der Waals surface area contributed by atoms with E-state index < -0.39 is 4.92 Å². The number of Topliss-reactive ketones (excluding diaryl/α,β-unsaturated/α-hetero) is 1. The molecule has 0 N–H and O–H groups in total. The predicted octanol–water partition coefficient (Wildman–Crippen LogP) is 9.26. The average Bonchev–Trinajstić information content (AvgIpc) is 3.28. The Hall–Kier alpha value is -3.19. The molecule has 0 saturated carbocycles. The summed E-state index contributed by atoms with van der Waals surface area (Å²) in [5.74, 6) is 0.0528. The van der Waals surface area contributed by atoms with Gasteiger partial charge in [-0.1, -0.05) is 67.5 Å². The number of azo groups is 1. The molecule has 0 bridgehead atoms. The summed E-state index contributed by atoms with van der Waals surface area (Å²) >= 11 is 1.67. The normalized spacial score (nSPS) is 17.7. The van der Waals surface area contributed by atoms with E-state index in [4.69, 9.17) is 0 Å². The molecule has 0 fully saturated rings. The minimum atomic E-state index is -0.403. The molecule has 0 saturated heterocycles. The first-order valence-corrected chi connectivity index (χ1v) is 14.2. The molecule has 0 radical (unpaired) electrons. The fourth-order valence-electron chi connectivity index (χ4n) is 4.46. The number of ketones is 1. The number of nitrogens with zero attached hydrogens (tertiary/aromatic N) is 3. The van der Waals surface area contributed by atoms with Crippen LogP contribution in [-0.2, 0) is 11.2 Å². The van der Waals surface area contributed by atoms with Gasteiger partial charge >= 0.3 is 0 Å². The number of rotatable bonds is 4. The van der Waals surface area contributed by atoms with Gasteiger partial charge < -0.3 is 0 Å². The molecule has 1 heterocycles. The smallest absolute Gasteiger partial charge is 0.289 e. The molecule has 0 unspecified atom stereocenters. The van der Waals surface area contributed by atoms with Crippen LogP contribution in [0, 0.1) is 20.9 Å². The van der Waals surface area contributed by atoms with Gasteiger partial charge in [-0.15, -0.1) is 21.6 Å². The summed E-state index contributed by atoms with van der Waals surface area (Å²) in [6.45, 7) is 16.2. The van der Waals surface area contributed by atoms with E-state index in [9.17, 15) is 14.9 Å². The van der Waals surface area contributed by atoms with Gasteiger partial charge in [0.05, 0.1) is 9.80 Å². The topological polar surface area (TPSA) is 84.9 Å². The van der Waals surface area contributed by atoms with Crippen LogP contribution in [0.4, 0.5) is 0 Å². The van der Waals surface area contributed by atoms with Crippen LogP contribution in [0.25, 0.3) is 11.8 Å². The van der Waals surface area contributed by atoms with Crippen LogP contribution in [0.15, 0.2) is 74.8 Å². The number of hydrogen-bond donors (Lipinski definition) is 0. The van der Waals surface area contributed by atoms with Crippen LogP contribution in [0.3, 0.4) is 0 Å². The van der Waals surface area contributed by atoms with Crippen molar-refractivity contribution in [3.05, 3.63) is 90.0 Å². The van der Waals surface area contributed by atoms with Crippen LogP contribution in [0.2, 0.25) is 0 Å². The zero-order valence-electron chi connectivity index (χ0n) is 23.8. The summed E-state index contributed by atoms with van der Waals surface area (Å²) in [6, 6.07) is 2.11. The molecule has 7 heteroatoms. The van der Waals surface area contributed by atoms with Gasteiger partial charge in [-0.2, -0.15) is 0 Å². The molecule has 4 rings (SSSR count). The van der Waals surface area contributed by atoms with E-state index in [1.807, 2.05) is 67.5 Å². The van der Waals surface area contributed by atoms with Crippen molar-refractivity contribution >= 4 is 28.9 Å². The highest BCUT2D eigenvalue weighted by Gasteiger charge is 2.35. The Bertz CT molecular complexity index is 1300. The Labute approximate surface area is 230 Å². The SMILES string of the molecule is CC.CC(C)(C)C1=CC(=C(N=NC2=CCCC=C2[N+](=O)[O-])c2cc3c(s2)CCC=C3)C=C(C(C)(C)C)C1=O. The summed E-state index contributed by atoms with van der Waals surface area (Å²) in [4.78, 5) is 26.9. The van der Waals surface area contributed by atoms with Gasteiger partial charge in [0.2, 0.25) is 0 Å². The first kappa shape index (κ1) is 29.4. The number of carbonyl (C=O) groups excluding carboxylic acids is 1. The Kier molecular flexibility index (Phi) is 9.03. The van der Waals surface area contributed by atoms with Crippen molar-refractivity contribution in [3.63, 3.8) is 0 Å². The number of aryl methyl sites for hydroxylation is 1. The maximum atomic E-state index is 13.5. The third kappa shape index (κ3) is 6.44. The molecule has 0 amide bonds. The van der Waals surface area contributed by atoms with E-state index in [2.05, 4.69) is 28.4 Å². The lowest BCUT2D eigenvalue weighted by Gasteiger charge is -2.31. The second-order valence-electron chi connectivity index (χ2n) is 11.4. The lowest BCUT2D eigenvalue weighted by molar-refractivity contribution is -0.421. The van der Waals surface area contributed by atoms with Gasteiger partial charge in [-0.05, 0) is 72.4 Å². The molecule has 0 atom stereocenters. The first-order chi connectivity index (χ1) is 17.9. The molecule has 3 aliphatic carbocycles. The number of hydrogen-bond acceptors (Lipinski definition) is 6. The van der Waals surface area contributed by atoms with Gasteiger partial charge in [0.25, 0.3) is 5.70 Å². The highest BCUT2D eigenvalue weighted by molar-refractivity contribution is 7.13. The van der Waals surface area contributed by atoms with Gasteiger partial charge in [-0.25, -0.2) is 0 Å². The lowest BCUT2D eigenvalue weighted by atomic mass is 9.71. The van der Waals surface area contributed by atoms with Crippen molar-refractivity contribution in [3.8, 4) is 0 Å². The summed E-state index contributed by atoms with van der Waals surface area (Å²) < 4.78 is 0. The van der Waals surface area contributed by atoms with Gasteiger partial charge in [0, 0.05) is 21.6 Å². The van der Waals surface area contributed by atoms with Crippen molar-refractivity contribution in [2.24, 2.45) is 21.1 Å². The molecule has 3 aliphatic rings. The summed E-state index contributed by atoms with van der Waals surface area (Å²) in [5.41, 5.74) is 3.59. The zero-order chi connectivity index (χ0) is 28.3. The number of fused-ring (bicyclic) bond motifs is 1. The van der Waals surface area contributed by atoms with E-state index in [1.165, 1.54) is 10.4 Å². The molecule has 0 spiro atoms. The lowest BCUT2D eigenvalue weighted by Crippen LogP contribution is -2.28. The van der Waals surface area contributed by atoms with Gasteiger partial charge in [0.15, 0.2) is 11.5 Å². The van der Waals surface area contributed by atoms with E-state index in [0.29, 0.717) is 18.5 Å². The third-order valence-corrected chi connectivity index (χ3v) is 7.67. The molecular weight excluding hydrogens is 494 g/mol. The Morgan fingerprint density at radius 1 is 0.974 bits per heavy atom. The van der Waals surface area contributed by atoms with Crippen molar-refractivity contribution in [2.75, 3.05) is 0 Å². The first-order valence-electron chi connectivity index (χ1n) is 13.4. The van der Waals surface area contributed by atoms with E-state index >= 15 is 0 Å². The van der Waals surface area contributed by atoms with Gasteiger partial charge in [-0.3, -0.25) is 14.9 Å². The maximum absolute atomic E-state index is 13.5. The Morgan fingerprint density at radius 3 is 2.13 bits per heavy atom. The molecule has 6 nitrogen and oxygen atoms in total. The third-order valence-electron chi connectivity index (χ3n) is 6.45. The summed E-state index contributed by atoms with van der Waals surface area (Å²) in [6.07, 6.45) is 14.8. The van der Waals surface area contributed by atoms with Crippen molar-refractivity contribution < 1.29 is 9.72 Å². The van der Waals surface area contributed by atoms with Crippen LogP contribution in [-0.4, -0.2) is 10.7 Å². The van der Waals surface area contributed by atoms with Crippen molar-refractivity contribution in [1.29, 1.82) is 0 Å². The number of nitro groups is 1. The minimum Gasteiger partial charge on any atom is -0.289 e. The number of carbonyl (C=O) groups is 1. The Balaban J connectivity index is 0.00000195. The fourth-order valence-corrected chi connectivity index (χ4v) is 5.63. The number of allylic oxidation sites excluding steroid dienone is 8. The molecule has 38 heavy (non-hydrogen) atoms. The largest absolute Gasteiger partial charge is 0.292 e. The molecule has 0 aliphatic heterocycles. The highest BCUT2D eigenvalue weighted by atomic mass is 32.1. The summed E-state index contributed by atoms with van der Waals surface area (Å²) in [5, 5.41) is 20.6. The molecule has 1 aromatic heterocycles. The molecule has 1 aromatic rings. The van der Waals surface area contributed by atoms with Crippen LogP contribution < -0.4 is 0 Å². The fraction of sp³-hybridized carbons (Fsp3) is 0.452. The minimum absolute atomic E-state index is 0.0153. The maximum Gasteiger partial charge on any atom is 0.292 e. The second-order valence-corrected chi connectivity index (χ2v) is 12.5. The Morgan fingerprint density at radius 2 is 1.58 bits per heavy atom. The summed E-state index contributed by atoms with van der Waals surface area (Å²) in [7, 11) is 0. The predicted molar refractivity (Wildman–Crippen MR) is 157 cm³/mol. The average molecular weight is 534 g/mol. The molecular formula is C31H39N3O3S. The standard InChI is InChI=1S/C29H33N3O3S.C2H6/c1-28(2,3)20-15-19(16-21(27(20)33)29(4,5)6)26(25-17-18-11-7-10-14-24(18)36-25)31-30-22-12-8-9-13-23(22)32(34)35;1-2/h7,11-13,15-17H,8-10,14H2,1-6H3;1-2H3. The van der Waals surface area contributed by atoms with Crippen molar-refractivity contribution in [2.45, 2.75) is 81.1 Å². The van der Waals surface area contributed by atoms with Crippen LogP contribution >= 0.6 is 11.3 Å². The van der Waals surface area contributed by atoms with E-state index in [-0.39, 0.29) is 28.0 Å². The quantitative estimate of drug-likeness (QED) is 0.219. The second kappa shape index (κ2) is 11.7. The number of thiophene rings is 1. The molecule has 0 aromatic carbocycles. The highest BCUT2D eigenvalue weighted by Crippen LogP contribution is 2.42. The van der Waals surface area contributed by atoms with Crippen LogP contribution in [0.5, 0.6) is 0 Å². The van der Waals surface area contributed by atoms with Crippen LogP contribution in [0.1, 0.15) is 90.0 Å². The van der Waals surface area contributed by atoms with E-state index in [0.717, 1.165) is 34.4 Å². The monoisotopic (exact) mass is 533 g/mol. The molecule has 202 valence electrons. The van der Waals surface area contributed by atoms with E-state index in [1.54, 1.807) is 23.5 Å². The zero-order valence-corrected chi connectivity index (χ0v) is 24.7. The van der Waals surface area contributed by atoms with Crippen molar-refractivity contribution in [1.82, 2.24) is 0 Å². The van der Waals surface area contributed by atoms with Gasteiger partial charge in [0.1, 0.15) is 5.70 Å².